The van der Waals surface area contributed by atoms with E-state index in [1.165, 1.54) is 10.8 Å². The molecule has 0 saturated heterocycles. The van der Waals surface area contributed by atoms with Gasteiger partial charge in [0.15, 0.2) is 0 Å². The number of nitrogens with zero attached hydrogens (tertiary/aromatic N) is 1. The van der Waals surface area contributed by atoms with Gasteiger partial charge in [-0.25, -0.2) is 0 Å². The second kappa shape index (κ2) is 15.6. The molecule has 0 aliphatic heterocycles. The normalized spacial score (nSPS) is 12.2. The van der Waals surface area contributed by atoms with Crippen molar-refractivity contribution in [3.8, 4) is 55.6 Å². The lowest BCUT2D eigenvalue weighted by atomic mass is 9.93. The quantitative estimate of drug-likeness (QED) is 0.139. The van der Waals surface area contributed by atoms with E-state index in [-0.39, 0.29) is 35.4 Å². The summed E-state index contributed by atoms with van der Waals surface area (Å²) in [4.78, 5) is 1.90. The first kappa shape index (κ1) is 31.9. The van der Waals surface area contributed by atoms with E-state index in [4.69, 9.17) is 0 Å². The number of para-hydroxylation sites is 1. The van der Waals surface area contributed by atoms with Crippen LogP contribution in [0.4, 0.5) is 17.1 Å². The van der Waals surface area contributed by atoms with Crippen LogP contribution in [0.2, 0.25) is 0 Å². The predicted octanol–water partition coefficient (Wildman–Crippen LogP) is 17.0. The lowest BCUT2D eigenvalue weighted by molar-refractivity contribution is 1.28. The van der Waals surface area contributed by atoms with E-state index < -0.39 is 0 Å². The lowest BCUT2D eigenvalue weighted by Crippen LogP contribution is -2.11. The van der Waals surface area contributed by atoms with Crippen LogP contribution in [0, 0.1) is 0 Å². The molecule has 0 N–H and O–H groups in total. The third kappa shape index (κ3) is 6.83. The van der Waals surface area contributed by atoms with Crippen molar-refractivity contribution in [1.82, 2.24) is 0 Å². The summed E-state index contributed by atoms with van der Waals surface area (Å²) in [6.45, 7) is 0. The number of hydrogen-bond donors (Lipinski definition) is 0. The summed E-state index contributed by atoms with van der Waals surface area (Å²) in [5, 5.41) is 6.92. The van der Waals surface area contributed by atoms with Crippen molar-refractivity contribution in [1.29, 1.82) is 0 Å². The van der Waals surface area contributed by atoms with Crippen molar-refractivity contribution in [3.05, 3.63) is 249 Å². The number of benzene rings is 11. The Bertz CT molecular complexity index is 3550. The Morgan fingerprint density at radius 3 is 1.59 bits per heavy atom. The molecule has 286 valence electrons. The summed E-state index contributed by atoms with van der Waals surface area (Å²) >= 11 is 0. The van der Waals surface area contributed by atoms with Crippen molar-refractivity contribution in [2.75, 3.05) is 4.90 Å². The van der Waals surface area contributed by atoms with E-state index in [9.17, 15) is 5.48 Å². The minimum atomic E-state index is -0.129. The van der Waals surface area contributed by atoms with Crippen molar-refractivity contribution in [3.63, 3.8) is 0 Å². The molecule has 0 unspecified atom stereocenters. The Labute approximate surface area is 362 Å². The Balaban J connectivity index is 1.08. The molecule has 11 aromatic carbocycles. The molecule has 0 heterocycles. The Morgan fingerprint density at radius 2 is 0.787 bits per heavy atom. The first-order valence-corrected chi connectivity index (χ1v) is 20.7. The zero-order valence-corrected chi connectivity index (χ0v) is 33.3. The second-order valence-corrected chi connectivity index (χ2v) is 15.4. The van der Waals surface area contributed by atoms with E-state index in [0.29, 0.717) is 11.3 Å². The Morgan fingerprint density at radius 1 is 0.262 bits per heavy atom. The Hall–Kier alpha value is -8.00. The minimum Gasteiger partial charge on any atom is -0.310 e. The largest absolute Gasteiger partial charge is 0.310 e. The highest BCUT2D eigenvalue weighted by Crippen LogP contribution is 2.43. The molecule has 11 rings (SSSR count). The van der Waals surface area contributed by atoms with E-state index in [0.717, 1.165) is 71.7 Å². The molecule has 1 nitrogen and oxygen atoms in total. The SMILES string of the molecule is [2H]c1c([2H])c(N(c2ccc(-c3cc4ccccc4c4ccccc34)cc2)c2ccccc2-c2ccc(-c3ccccc3)cc2)c([2H])c([2H])c1-c1cccc(-c2cccc3ccccc23)c1. The highest BCUT2D eigenvalue weighted by Gasteiger charge is 2.18. The third-order valence-electron chi connectivity index (χ3n) is 11.7. The van der Waals surface area contributed by atoms with Crippen LogP contribution >= 0.6 is 0 Å². The van der Waals surface area contributed by atoms with Crippen LogP contribution in [0.1, 0.15) is 5.48 Å². The molecular formula is C60H41N. The maximum Gasteiger partial charge on any atom is 0.0645 e. The fraction of sp³-hybridized carbons (Fsp3) is 0. The maximum absolute atomic E-state index is 9.79. The molecule has 0 aromatic heterocycles. The van der Waals surface area contributed by atoms with Gasteiger partial charge in [-0.2, -0.15) is 0 Å². The fourth-order valence-corrected chi connectivity index (χ4v) is 8.74. The van der Waals surface area contributed by atoms with Crippen LogP contribution in [0.25, 0.3) is 88.0 Å². The van der Waals surface area contributed by atoms with Crippen molar-refractivity contribution in [2.24, 2.45) is 0 Å². The lowest BCUT2D eigenvalue weighted by Gasteiger charge is -2.28. The van der Waals surface area contributed by atoms with Gasteiger partial charge in [0, 0.05) is 16.9 Å². The summed E-state index contributed by atoms with van der Waals surface area (Å²) in [6, 6.07) is 76.0. The smallest absolute Gasteiger partial charge is 0.0645 e. The third-order valence-corrected chi connectivity index (χ3v) is 11.7. The molecule has 0 atom stereocenters. The molecule has 0 bridgehead atoms. The van der Waals surface area contributed by atoms with Gasteiger partial charge >= 0.3 is 0 Å². The van der Waals surface area contributed by atoms with Gasteiger partial charge in [-0.3, -0.25) is 0 Å². The van der Waals surface area contributed by atoms with Crippen LogP contribution in [0.15, 0.2) is 249 Å². The molecule has 0 amide bonds. The summed E-state index contributed by atoms with van der Waals surface area (Å²) < 4.78 is 38.8. The summed E-state index contributed by atoms with van der Waals surface area (Å²) in [5.41, 5.74) is 10.7. The van der Waals surface area contributed by atoms with Gasteiger partial charge in [0.2, 0.25) is 0 Å². The molecular weight excluding hydrogens is 735 g/mol. The number of fused-ring (bicyclic) bond motifs is 4. The van der Waals surface area contributed by atoms with Crippen LogP contribution in [0.5, 0.6) is 0 Å². The highest BCUT2D eigenvalue weighted by atomic mass is 15.1. The van der Waals surface area contributed by atoms with E-state index in [1.54, 1.807) is 0 Å². The van der Waals surface area contributed by atoms with Crippen molar-refractivity contribution >= 4 is 49.4 Å². The van der Waals surface area contributed by atoms with Gasteiger partial charge in [-0.05, 0) is 125 Å². The fourth-order valence-electron chi connectivity index (χ4n) is 8.74. The topological polar surface area (TPSA) is 3.24 Å². The van der Waals surface area contributed by atoms with Gasteiger partial charge in [0.05, 0.1) is 11.2 Å². The molecule has 1 heteroatoms. The van der Waals surface area contributed by atoms with Gasteiger partial charge in [-0.1, -0.05) is 206 Å². The van der Waals surface area contributed by atoms with Gasteiger partial charge in [-0.15, -0.1) is 0 Å². The van der Waals surface area contributed by atoms with Crippen LogP contribution < -0.4 is 4.90 Å². The standard InChI is InChI=1S/C60H41N/c1-2-14-42(15-3-1)43-28-30-46(31-29-43)56-23-10-11-27-60(56)61(52-38-34-47(35-39-52)59-41-50-17-5-7-22-55(50)57-24-8-9-25-58(57)59)51-36-32-44(33-37-51)48-19-12-20-49(40-48)54-26-13-18-45-16-4-6-21-53(45)54/h1-41H/i32D,33D,36D,37D. The van der Waals surface area contributed by atoms with Crippen LogP contribution in [-0.2, 0) is 0 Å². The van der Waals surface area contributed by atoms with E-state index in [1.807, 2.05) is 95.9 Å². The molecule has 0 saturated carbocycles. The van der Waals surface area contributed by atoms with Crippen molar-refractivity contribution in [2.45, 2.75) is 0 Å². The van der Waals surface area contributed by atoms with Gasteiger partial charge in [0.25, 0.3) is 0 Å². The molecule has 11 aromatic rings. The molecule has 0 fully saturated rings. The van der Waals surface area contributed by atoms with Crippen molar-refractivity contribution < 1.29 is 5.48 Å². The van der Waals surface area contributed by atoms with Gasteiger partial charge < -0.3 is 4.90 Å². The maximum atomic E-state index is 9.79. The number of anilines is 3. The second-order valence-electron chi connectivity index (χ2n) is 15.4. The molecule has 0 aliphatic rings. The number of hydrogen-bond acceptors (Lipinski definition) is 1. The average molecular weight is 780 g/mol. The summed E-state index contributed by atoms with van der Waals surface area (Å²) in [5.74, 6) is 0. The van der Waals surface area contributed by atoms with Crippen LogP contribution in [0.3, 0.4) is 0 Å². The number of rotatable bonds is 8. The van der Waals surface area contributed by atoms with Gasteiger partial charge in [0.1, 0.15) is 0 Å². The zero-order chi connectivity index (χ0) is 44.0. The first-order valence-electron chi connectivity index (χ1n) is 22.7. The molecule has 0 spiro atoms. The minimum absolute atomic E-state index is 0.106. The first-order chi connectivity index (χ1) is 31.9. The average Bonchev–Trinajstić information content (AvgIpc) is 3.37. The molecule has 0 aliphatic carbocycles. The van der Waals surface area contributed by atoms with E-state index in [2.05, 4.69) is 133 Å². The molecule has 0 radical (unpaired) electrons. The highest BCUT2D eigenvalue weighted by molar-refractivity contribution is 6.13. The monoisotopic (exact) mass is 779 g/mol. The summed E-state index contributed by atoms with van der Waals surface area (Å²) in [6.07, 6.45) is 0. The van der Waals surface area contributed by atoms with Crippen LogP contribution in [-0.4, -0.2) is 0 Å². The Kier molecular flexibility index (Phi) is 8.18. The summed E-state index contributed by atoms with van der Waals surface area (Å²) in [7, 11) is 0. The molecule has 61 heavy (non-hydrogen) atoms. The zero-order valence-electron chi connectivity index (χ0n) is 37.3. The van der Waals surface area contributed by atoms with E-state index >= 15 is 0 Å². The predicted molar refractivity (Wildman–Crippen MR) is 261 cm³/mol.